The van der Waals surface area contributed by atoms with E-state index in [4.69, 9.17) is 0 Å². The first-order valence-corrected chi connectivity index (χ1v) is 11.9. The average Bonchev–Trinajstić information content (AvgIpc) is 3.12. The van der Waals surface area contributed by atoms with E-state index in [9.17, 15) is 13.2 Å². The van der Waals surface area contributed by atoms with Gasteiger partial charge in [0, 0.05) is 16.8 Å². The molecule has 0 saturated heterocycles. The molecule has 1 amide bonds. The Hall–Kier alpha value is -3.07. The Morgan fingerprint density at radius 2 is 1.97 bits per heavy atom. The smallest absolute Gasteiger partial charge is 0.264 e. The average molecular weight is 440 g/mol. The molecule has 2 unspecified atom stereocenters. The van der Waals surface area contributed by atoms with Crippen LogP contribution in [-0.4, -0.2) is 32.3 Å². The van der Waals surface area contributed by atoms with E-state index in [2.05, 4.69) is 46.7 Å². The van der Waals surface area contributed by atoms with E-state index >= 15 is 0 Å². The Morgan fingerprint density at radius 1 is 1.19 bits per heavy atom. The van der Waals surface area contributed by atoms with Crippen LogP contribution in [0.25, 0.3) is 0 Å². The minimum Gasteiger partial charge on any atom is -0.378 e. The third-order valence-corrected chi connectivity index (χ3v) is 6.25. The van der Waals surface area contributed by atoms with Crippen LogP contribution < -0.4 is 10.0 Å². The van der Waals surface area contributed by atoms with Crippen molar-refractivity contribution in [2.24, 2.45) is 15.4 Å². The molecule has 4 rings (SSSR count). The van der Waals surface area contributed by atoms with E-state index in [1.807, 2.05) is 29.8 Å². The van der Waals surface area contributed by atoms with Crippen molar-refractivity contribution in [3.63, 3.8) is 0 Å². The number of carbonyl (C=O) groups is 1. The third-order valence-electron chi connectivity index (χ3n) is 5.69. The van der Waals surface area contributed by atoms with Crippen LogP contribution in [0.4, 0.5) is 5.69 Å². The molecule has 2 aliphatic heterocycles. The standard InChI is InChI=1S/C22H25N5O3S/c1-13-20(25-27-24-13)15-7-5-6-14(10-15)19-12-22(2,3)17-11-16(8-9-18(17)23-19)21(28)26-31(4,29)30/h5-11,13,19,23H,12H2,1-4H3,(H,26,28). The molecule has 2 atom stereocenters. The van der Waals surface area contributed by atoms with Gasteiger partial charge in [-0.25, -0.2) is 13.1 Å². The lowest BCUT2D eigenvalue weighted by atomic mass is 9.73. The van der Waals surface area contributed by atoms with Gasteiger partial charge in [-0.2, -0.15) is 5.11 Å². The predicted molar refractivity (Wildman–Crippen MR) is 120 cm³/mol. The van der Waals surface area contributed by atoms with Crippen molar-refractivity contribution in [3.05, 3.63) is 64.7 Å². The molecule has 0 fully saturated rings. The number of hydrogen-bond donors (Lipinski definition) is 2. The van der Waals surface area contributed by atoms with Crippen LogP contribution >= 0.6 is 0 Å². The fraction of sp³-hybridized carbons (Fsp3) is 0.364. The number of nitrogens with zero attached hydrogens (tertiary/aromatic N) is 3. The summed E-state index contributed by atoms with van der Waals surface area (Å²) in [4.78, 5) is 12.3. The maximum atomic E-state index is 12.3. The van der Waals surface area contributed by atoms with E-state index in [0.717, 1.165) is 40.8 Å². The molecule has 0 bridgehead atoms. The number of fused-ring (bicyclic) bond motifs is 1. The van der Waals surface area contributed by atoms with Crippen molar-refractivity contribution in [2.75, 3.05) is 11.6 Å². The molecule has 0 radical (unpaired) electrons. The molecule has 0 aliphatic carbocycles. The van der Waals surface area contributed by atoms with E-state index in [1.165, 1.54) is 0 Å². The summed E-state index contributed by atoms with van der Waals surface area (Å²) >= 11 is 0. The first-order chi connectivity index (χ1) is 14.5. The van der Waals surface area contributed by atoms with Crippen molar-refractivity contribution in [2.45, 2.75) is 44.7 Å². The molecule has 0 spiro atoms. The van der Waals surface area contributed by atoms with Crippen LogP contribution in [0.1, 0.15) is 60.3 Å². The number of rotatable bonds is 4. The molecule has 2 aliphatic rings. The third kappa shape index (κ3) is 4.36. The van der Waals surface area contributed by atoms with Crippen LogP contribution in [0.2, 0.25) is 0 Å². The lowest BCUT2D eigenvalue weighted by molar-refractivity contribution is 0.0981. The van der Waals surface area contributed by atoms with Gasteiger partial charge < -0.3 is 5.32 Å². The summed E-state index contributed by atoms with van der Waals surface area (Å²) in [6.07, 6.45) is 1.77. The van der Waals surface area contributed by atoms with E-state index in [0.29, 0.717) is 5.56 Å². The summed E-state index contributed by atoms with van der Waals surface area (Å²) in [5, 5.41) is 15.6. The lowest BCUT2D eigenvalue weighted by Gasteiger charge is -2.39. The summed E-state index contributed by atoms with van der Waals surface area (Å²) < 4.78 is 24.8. The first kappa shape index (κ1) is 21.2. The van der Waals surface area contributed by atoms with Crippen molar-refractivity contribution < 1.29 is 13.2 Å². The molecule has 2 N–H and O–H groups in total. The Kier molecular flexibility index (Phi) is 5.17. The monoisotopic (exact) mass is 439 g/mol. The molecular formula is C22H25N5O3S. The second-order valence-electron chi connectivity index (χ2n) is 8.74. The fourth-order valence-electron chi connectivity index (χ4n) is 4.16. The maximum Gasteiger partial charge on any atom is 0.264 e. The minimum atomic E-state index is -3.62. The summed E-state index contributed by atoms with van der Waals surface area (Å²) in [5.41, 5.74) is 5.00. The number of benzene rings is 2. The zero-order valence-corrected chi connectivity index (χ0v) is 18.7. The van der Waals surface area contributed by atoms with E-state index in [-0.39, 0.29) is 17.5 Å². The molecule has 2 aromatic carbocycles. The maximum absolute atomic E-state index is 12.3. The van der Waals surface area contributed by atoms with E-state index < -0.39 is 15.9 Å². The van der Waals surface area contributed by atoms with E-state index in [1.54, 1.807) is 12.1 Å². The number of nitrogens with one attached hydrogen (secondary N) is 2. The highest BCUT2D eigenvalue weighted by atomic mass is 32.2. The van der Waals surface area contributed by atoms with Gasteiger partial charge >= 0.3 is 0 Å². The number of anilines is 1. The van der Waals surface area contributed by atoms with Gasteiger partial charge in [-0.3, -0.25) is 4.79 Å². The highest BCUT2D eigenvalue weighted by Gasteiger charge is 2.34. The molecule has 2 aromatic rings. The van der Waals surface area contributed by atoms with Gasteiger partial charge in [-0.15, -0.1) is 5.10 Å². The Bertz CT molecular complexity index is 1220. The van der Waals surface area contributed by atoms with Crippen molar-refractivity contribution in [3.8, 4) is 0 Å². The van der Waals surface area contributed by atoms with Crippen LogP contribution in [0, 0.1) is 0 Å². The number of carbonyl (C=O) groups excluding carboxylic acids is 1. The number of sulfonamides is 1. The largest absolute Gasteiger partial charge is 0.378 e. The van der Waals surface area contributed by atoms with Gasteiger partial charge in [0.2, 0.25) is 10.0 Å². The van der Waals surface area contributed by atoms with Gasteiger partial charge in [-0.05, 0) is 59.4 Å². The molecular weight excluding hydrogens is 414 g/mol. The SMILES string of the molecule is CC1N=NN=C1c1cccc(C2CC(C)(C)c3cc(C(=O)NS(C)(=O)=O)ccc3N2)c1. The first-order valence-electron chi connectivity index (χ1n) is 10.0. The van der Waals surface area contributed by atoms with Gasteiger partial charge in [0.15, 0.2) is 0 Å². The van der Waals surface area contributed by atoms with Crippen molar-refractivity contribution in [1.29, 1.82) is 0 Å². The predicted octanol–water partition coefficient (Wildman–Crippen LogP) is 3.77. The zero-order valence-electron chi connectivity index (χ0n) is 17.9. The topological polar surface area (TPSA) is 112 Å². The molecule has 162 valence electrons. The Morgan fingerprint density at radius 3 is 2.65 bits per heavy atom. The van der Waals surface area contributed by atoms with Crippen LogP contribution in [0.3, 0.4) is 0 Å². The van der Waals surface area contributed by atoms with Crippen molar-refractivity contribution in [1.82, 2.24) is 4.72 Å². The summed E-state index contributed by atoms with van der Waals surface area (Å²) in [6, 6.07) is 13.5. The Labute approximate surface area is 181 Å². The number of hydrogen-bond acceptors (Lipinski definition) is 7. The second-order valence-corrected chi connectivity index (χ2v) is 10.5. The van der Waals surface area contributed by atoms with Crippen LogP contribution in [0.5, 0.6) is 0 Å². The summed E-state index contributed by atoms with van der Waals surface area (Å²) in [6.45, 7) is 6.23. The fourth-order valence-corrected chi connectivity index (χ4v) is 4.62. The normalized spacial score (nSPS) is 21.7. The molecule has 9 heteroatoms. The van der Waals surface area contributed by atoms with Crippen LogP contribution in [-0.2, 0) is 15.4 Å². The summed E-state index contributed by atoms with van der Waals surface area (Å²) in [7, 11) is -3.62. The van der Waals surface area contributed by atoms with Crippen molar-refractivity contribution >= 4 is 27.3 Å². The molecule has 8 nitrogen and oxygen atoms in total. The molecule has 0 saturated carbocycles. The molecule has 0 aromatic heterocycles. The van der Waals surface area contributed by atoms with Gasteiger partial charge in [0.05, 0.1) is 18.0 Å². The minimum absolute atomic E-state index is 0.0526. The molecule has 2 heterocycles. The Balaban J connectivity index is 1.63. The zero-order chi connectivity index (χ0) is 22.4. The summed E-state index contributed by atoms with van der Waals surface area (Å²) in [5.74, 6) is -0.627. The van der Waals surface area contributed by atoms with Gasteiger partial charge in [0.1, 0.15) is 6.04 Å². The lowest BCUT2D eigenvalue weighted by Crippen LogP contribution is -2.33. The van der Waals surface area contributed by atoms with Gasteiger partial charge in [-0.1, -0.05) is 32.0 Å². The van der Waals surface area contributed by atoms with Crippen LogP contribution in [0.15, 0.2) is 57.9 Å². The van der Waals surface area contributed by atoms with Gasteiger partial charge in [0.25, 0.3) is 5.91 Å². The number of amides is 1. The second kappa shape index (κ2) is 7.56. The quantitative estimate of drug-likeness (QED) is 0.755. The molecule has 31 heavy (non-hydrogen) atoms. The highest BCUT2D eigenvalue weighted by Crippen LogP contribution is 2.44. The highest BCUT2D eigenvalue weighted by molar-refractivity contribution is 7.89.